The van der Waals surface area contributed by atoms with Crippen molar-refractivity contribution in [1.29, 1.82) is 0 Å². The maximum absolute atomic E-state index is 16.8. The average Bonchev–Trinajstić information content (AvgIpc) is 3.64. The van der Waals surface area contributed by atoms with Crippen molar-refractivity contribution in [2.75, 3.05) is 44.8 Å². The summed E-state index contributed by atoms with van der Waals surface area (Å²) < 4.78 is 27.8. The van der Waals surface area contributed by atoms with Crippen LogP contribution in [-0.2, 0) is 4.74 Å². The number of likely N-dealkylation sites (tertiary alicyclic amines) is 1. The van der Waals surface area contributed by atoms with Crippen LogP contribution < -0.4 is 15.4 Å². The quantitative estimate of drug-likeness (QED) is 0.230. The molecule has 6 rings (SSSR count). The Bertz CT molecular complexity index is 1710. The maximum atomic E-state index is 16.8. The van der Waals surface area contributed by atoms with E-state index in [0.29, 0.717) is 57.2 Å². The minimum atomic E-state index is -0.849. The van der Waals surface area contributed by atoms with E-state index in [1.807, 2.05) is 0 Å². The van der Waals surface area contributed by atoms with Gasteiger partial charge in [-0.3, -0.25) is 10.1 Å². The number of hydrogen-bond donors (Lipinski definition) is 2. The van der Waals surface area contributed by atoms with Crippen LogP contribution in [0.15, 0.2) is 24.5 Å². The molecule has 2 aliphatic heterocycles. The van der Waals surface area contributed by atoms with Crippen molar-refractivity contribution in [3.63, 3.8) is 0 Å². The highest BCUT2D eigenvalue weighted by Gasteiger charge is 2.27. The smallest absolute Gasteiger partial charge is 0.404 e. The van der Waals surface area contributed by atoms with Crippen LogP contribution in [0.4, 0.5) is 15.0 Å². The Labute approximate surface area is 259 Å². The number of rotatable bonds is 9. The number of nitrogens with zero attached hydrogens (tertiary/aromatic N) is 6. The van der Waals surface area contributed by atoms with Gasteiger partial charge in [-0.1, -0.05) is 30.7 Å². The van der Waals surface area contributed by atoms with Gasteiger partial charge in [0, 0.05) is 41.8 Å². The summed E-state index contributed by atoms with van der Waals surface area (Å²) in [5, 5.41) is 8.64. The molecular formula is C31H36ClFN8O3. The van der Waals surface area contributed by atoms with Gasteiger partial charge in [-0.2, -0.15) is 15.1 Å². The minimum absolute atomic E-state index is 0.0811. The van der Waals surface area contributed by atoms with Gasteiger partial charge in [0.2, 0.25) is 0 Å². The maximum Gasteiger partial charge on any atom is 0.404 e. The number of halogens is 2. The number of carbonyl (C=O) groups is 1. The molecule has 44 heavy (non-hydrogen) atoms. The fourth-order valence-corrected chi connectivity index (χ4v) is 6.43. The molecule has 0 spiro atoms. The largest absolute Gasteiger partial charge is 0.462 e. The van der Waals surface area contributed by atoms with Crippen LogP contribution in [0.3, 0.4) is 0 Å². The van der Waals surface area contributed by atoms with E-state index in [0.717, 1.165) is 45.3 Å². The lowest BCUT2D eigenvalue weighted by Crippen LogP contribution is -2.35. The second kappa shape index (κ2) is 12.9. The van der Waals surface area contributed by atoms with Crippen LogP contribution in [-0.4, -0.2) is 82.1 Å². The van der Waals surface area contributed by atoms with Crippen molar-refractivity contribution in [2.24, 2.45) is 11.7 Å². The molecule has 232 valence electrons. The van der Waals surface area contributed by atoms with E-state index in [1.165, 1.54) is 0 Å². The van der Waals surface area contributed by atoms with E-state index >= 15 is 4.39 Å². The number of likely N-dealkylation sites (N-methyl/N-ethyl adjacent to an activating group) is 1. The van der Waals surface area contributed by atoms with E-state index in [9.17, 15) is 4.79 Å². The van der Waals surface area contributed by atoms with E-state index in [-0.39, 0.29) is 29.9 Å². The number of fused-ring (bicyclic) bond motifs is 2. The van der Waals surface area contributed by atoms with Gasteiger partial charge in [-0.05, 0) is 57.7 Å². The minimum Gasteiger partial charge on any atom is -0.462 e. The number of pyridine rings is 1. The molecule has 2 atom stereocenters. The number of piperidine rings is 1. The van der Waals surface area contributed by atoms with Gasteiger partial charge in [0.25, 0.3) is 0 Å². The Kier molecular flexibility index (Phi) is 8.81. The van der Waals surface area contributed by atoms with Crippen LogP contribution in [0.25, 0.3) is 39.1 Å². The highest BCUT2D eigenvalue weighted by molar-refractivity contribution is 6.33. The third-order valence-corrected chi connectivity index (χ3v) is 8.78. The van der Waals surface area contributed by atoms with E-state index < -0.39 is 11.9 Å². The molecule has 4 aromatic rings. The lowest BCUT2D eigenvalue weighted by atomic mass is 9.97. The Hall–Kier alpha value is -4.03. The molecule has 2 saturated heterocycles. The third-order valence-electron chi connectivity index (χ3n) is 8.46. The molecule has 2 fully saturated rings. The fourth-order valence-electron chi connectivity index (χ4n) is 6.17. The monoisotopic (exact) mass is 622 g/mol. The molecule has 13 heteroatoms. The van der Waals surface area contributed by atoms with Crippen molar-refractivity contribution in [2.45, 2.75) is 45.1 Å². The molecule has 0 radical (unpaired) electrons. The third kappa shape index (κ3) is 6.14. The number of H-pyrrole nitrogens is 1. The highest BCUT2D eigenvalue weighted by atomic mass is 35.5. The average molecular weight is 623 g/mol. The van der Waals surface area contributed by atoms with Crippen LogP contribution in [0, 0.1) is 11.7 Å². The first-order chi connectivity index (χ1) is 21.3. The van der Waals surface area contributed by atoms with Gasteiger partial charge >= 0.3 is 12.1 Å². The summed E-state index contributed by atoms with van der Waals surface area (Å²) in [4.78, 5) is 29.5. The van der Waals surface area contributed by atoms with Gasteiger partial charge in [-0.15, -0.1) is 0 Å². The molecule has 0 bridgehead atoms. The van der Waals surface area contributed by atoms with Gasteiger partial charge in [0.1, 0.15) is 23.6 Å². The molecule has 0 saturated carbocycles. The number of anilines is 1. The predicted molar refractivity (Wildman–Crippen MR) is 168 cm³/mol. The van der Waals surface area contributed by atoms with Crippen molar-refractivity contribution >= 4 is 51.4 Å². The Balaban J connectivity index is 1.46. The first kappa shape index (κ1) is 30.0. The summed E-state index contributed by atoms with van der Waals surface area (Å²) in [6.45, 7) is 5.37. The number of hydrogen-bond acceptors (Lipinski definition) is 9. The summed E-state index contributed by atoms with van der Waals surface area (Å²) in [6, 6.07) is 2.14. The molecule has 1 amide bonds. The Morgan fingerprint density at radius 2 is 2.07 bits per heavy atom. The molecule has 3 N–H and O–H groups in total. The van der Waals surface area contributed by atoms with Crippen molar-refractivity contribution in [3.05, 3.63) is 40.9 Å². The number of amides is 1. The number of benzene rings is 1. The molecule has 5 heterocycles. The van der Waals surface area contributed by atoms with E-state index in [2.05, 4.69) is 43.9 Å². The molecule has 0 unspecified atom stereocenters. The SMILES string of the molecule is C[C@@H]1CCCN(c2nc(OC[C@@H]3CCCN3C)nc3c(F)c(-c4c(/C=C\CCOC(N)=O)c(Cl)cc5[nH]ncc45)ncc23)C1. The van der Waals surface area contributed by atoms with Crippen molar-refractivity contribution in [3.8, 4) is 17.3 Å². The zero-order valence-corrected chi connectivity index (χ0v) is 25.6. The number of ether oxygens (including phenoxy) is 2. The van der Waals surface area contributed by atoms with Crippen molar-refractivity contribution in [1.82, 2.24) is 30.0 Å². The lowest BCUT2D eigenvalue weighted by molar-refractivity contribution is 0.159. The number of aromatic nitrogens is 5. The van der Waals surface area contributed by atoms with Gasteiger partial charge in [-0.25, -0.2) is 9.18 Å². The number of aromatic amines is 1. The molecule has 3 aromatic heterocycles. The normalized spacial score (nSPS) is 19.4. The number of nitrogens with one attached hydrogen (secondary N) is 1. The standard InChI is InChI=1S/C31H36ClFN8O3/c1-18-7-5-11-41(16-18)29-22-14-35-28(26(33)27(22)37-31(38-29)44-17-19-8-6-10-40(19)2)25-20(9-3-4-12-43-30(34)42)23(32)13-24-21(25)15-36-39-24/h3,9,13-15,18-19H,4-8,10-12,16-17H2,1-2H3,(H2,34,42)(H,36,39)/b9-3-/t18-,19+/m1/s1. The first-order valence-electron chi connectivity index (χ1n) is 15.0. The number of carbonyl (C=O) groups excluding carboxylic acids is 1. The van der Waals surface area contributed by atoms with Gasteiger partial charge in [0.05, 0.1) is 28.7 Å². The van der Waals surface area contributed by atoms with Crippen LogP contribution >= 0.6 is 11.6 Å². The molecular weight excluding hydrogens is 587 g/mol. The Morgan fingerprint density at radius 1 is 1.23 bits per heavy atom. The topological polar surface area (TPSA) is 135 Å². The van der Waals surface area contributed by atoms with Crippen LogP contribution in [0.1, 0.15) is 44.6 Å². The van der Waals surface area contributed by atoms with Gasteiger partial charge < -0.3 is 25.0 Å². The summed E-state index contributed by atoms with van der Waals surface area (Å²) >= 11 is 6.72. The molecule has 11 nitrogen and oxygen atoms in total. The Morgan fingerprint density at radius 3 is 2.84 bits per heavy atom. The summed E-state index contributed by atoms with van der Waals surface area (Å²) in [7, 11) is 2.08. The zero-order chi connectivity index (χ0) is 30.8. The molecule has 0 aliphatic carbocycles. The molecule has 1 aromatic carbocycles. The van der Waals surface area contributed by atoms with E-state index in [4.69, 9.17) is 31.8 Å². The van der Waals surface area contributed by atoms with Crippen LogP contribution in [0.5, 0.6) is 6.01 Å². The molecule has 2 aliphatic rings. The number of primary amides is 1. The van der Waals surface area contributed by atoms with Crippen molar-refractivity contribution < 1.29 is 18.7 Å². The summed E-state index contributed by atoms with van der Waals surface area (Å²) in [5.74, 6) is 0.504. The predicted octanol–water partition coefficient (Wildman–Crippen LogP) is 5.57. The summed E-state index contributed by atoms with van der Waals surface area (Å²) in [5.41, 5.74) is 6.93. The second-order valence-corrected chi connectivity index (χ2v) is 12.0. The van der Waals surface area contributed by atoms with Gasteiger partial charge in [0.15, 0.2) is 5.82 Å². The lowest BCUT2D eigenvalue weighted by Gasteiger charge is -2.32. The second-order valence-electron chi connectivity index (χ2n) is 11.6. The first-order valence-corrected chi connectivity index (χ1v) is 15.4. The fraction of sp³-hybridized carbons (Fsp3) is 0.452. The van der Waals surface area contributed by atoms with Crippen LogP contribution in [0.2, 0.25) is 5.02 Å². The van der Waals surface area contributed by atoms with E-state index in [1.54, 1.807) is 30.6 Å². The summed E-state index contributed by atoms with van der Waals surface area (Å²) in [6.07, 6.45) is 10.6. The number of nitrogens with two attached hydrogens (primary N) is 1. The zero-order valence-electron chi connectivity index (χ0n) is 24.9. The highest BCUT2D eigenvalue weighted by Crippen LogP contribution is 2.40.